The highest BCUT2D eigenvalue weighted by atomic mass is 19.4. The van der Waals surface area contributed by atoms with Gasteiger partial charge in [-0.1, -0.05) is 60.7 Å². The molecule has 1 heterocycles. The molecule has 0 fully saturated rings. The number of nitrogens with zero attached hydrogens (tertiary/aromatic N) is 3. The number of rotatable bonds is 7. The highest BCUT2D eigenvalue weighted by Gasteiger charge is 2.31. The monoisotopic (exact) mass is 529 g/mol. The summed E-state index contributed by atoms with van der Waals surface area (Å²) in [5.74, 6) is 0.822. The Hall–Kier alpha value is -4.92. The van der Waals surface area contributed by atoms with Gasteiger partial charge in [0.25, 0.3) is 5.56 Å². The number of fused-ring (bicyclic) bond motifs is 1. The second-order valence-corrected chi connectivity index (χ2v) is 8.55. The zero-order valence-electron chi connectivity index (χ0n) is 20.7. The summed E-state index contributed by atoms with van der Waals surface area (Å²) in [7, 11) is 1.51. The number of benzene rings is 4. The van der Waals surface area contributed by atoms with Crippen LogP contribution >= 0.6 is 0 Å². The topological polar surface area (TPSA) is 65.7 Å². The molecule has 0 amide bonds. The van der Waals surface area contributed by atoms with Crippen molar-refractivity contribution in [2.45, 2.75) is 12.8 Å². The van der Waals surface area contributed by atoms with Crippen molar-refractivity contribution in [1.82, 2.24) is 9.66 Å². The number of aromatic nitrogens is 2. The molecule has 0 spiro atoms. The molecule has 0 bridgehead atoms. The molecule has 5 rings (SSSR count). The highest BCUT2D eigenvalue weighted by molar-refractivity contribution is 5.86. The lowest BCUT2D eigenvalue weighted by molar-refractivity contribution is -0.137. The minimum atomic E-state index is -4.56. The Morgan fingerprint density at radius 1 is 0.923 bits per heavy atom. The number of hydrogen-bond donors (Lipinski definition) is 0. The normalized spacial score (nSPS) is 11.7. The van der Waals surface area contributed by atoms with Gasteiger partial charge >= 0.3 is 6.18 Å². The summed E-state index contributed by atoms with van der Waals surface area (Å²) in [6.07, 6.45) is -3.16. The van der Waals surface area contributed by atoms with E-state index >= 15 is 0 Å². The van der Waals surface area contributed by atoms with E-state index in [4.69, 9.17) is 9.47 Å². The smallest absolute Gasteiger partial charge is 0.416 e. The number of alkyl halides is 3. The fourth-order valence-electron chi connectivity index (χ4n) is 4.05. The Morgan fingerprint density at radius 2 is 1.67 bits per heavy atom. The quantitative estimate of drug-likeness (QED) is 0.224. The van der Waals surface area contributed by atoms with E-state index in [9.17, 15) is 18.0 Å². The third kappa shape index (κ3) is 5.52. The molecule has 6 nitrogen and oxygen atoms in total. The van der Waals surface area contributed by atoms with Gasteiger partial charge in [0.1, 0.15) is 6.61 Å². The van der Waals surface area contributed by atoms with E-state index in [0.29, 0.717) is 22.6 Å². The molecule has 0 saturated heterocycles. The number of methoxy groups -OCH3 is 1. The van der Waals surface area contributed by atoms with Crippen molar-refractivity contribution in [1.29, 1.82) is 0 Å². The summed E-state index contributed by atoms with van der Waals surface area (Å²) >= 11 is 0. The van der Waals surface area contributed by atoms with Crippen molar-refractivity contribution in [3.63, 3.8) is 0 Å². The summed E-state index contributed by atoms with van der Waals surface area (Å²) in [5, 5.41) is 4.66. The molecule has 0 aliphatic rings. The van der Waals surface area contributed by atoms with Crippen LogP contribution in [0.25, 0.3) is 22.3 Å². The molecule has 39 heavy (non-hydrogen) atoms. The van der Waals surface area contributed by atoms with Crippen LogP contribution in [-0.4, -0.2) is 23.0 Å². The standard InChI is InChI=1S/C30H22F3N3O3/c1-38-26-16-8-12-22(27(26)39-19-20-9-3-2-4-10-20)18-34-36-28(21-11-7-13-23(17-21)30(31,32)33)35-25-15-6-5-14-24(25)29(36)37/h2-18H,19H2,1H3. The highest BCUT2D eigenvalue weighted by Crippen LogP contribution is 2.33. The molecule has 0 saturated carbocycles. The van der Waals surface area contributed by atoms with Crippen LogP contribution in [-0.2, 0) is 12.8 Å². The Morgan fingerprint density at radius 3 is 2.44 bits per heavy atom. The minimum Gasteiger partial charge on any atom is -0.493 e. The van der Waals surface area contributed by atoms with Crippen molar-refractivity contribution in [2.24, 2.45) is 5.10 Å². The summed E-state index contributed by atoms with van der Waals surface area (Å²) in [6.45, 7) is 0.259. The Bertz CT molecular complexity index is 1710. The number of ether oxygens (including phenoxy) is 2. The van der Waals surface area contributed by atoms with E-state index in [0.717, 1.165) is 22.4 Å². The average molecular weight is 530 g/mol. The molecule has 0 aliphatic carbocycles. The maximum absolute atomic E-state index is 13.5. The summed E-state index contributed by atoms with van der Waals surface area (Å²) in [4.78, 5) is 18.0. The first-order chi connectivity index (χ1) is 18.8. The van der Waals surface area contributed by atoms with Crippen molar-refractivity contribution >= 4 is 17.1 Å². The third-order valence-corrected chi connectivity index (χ3v) is 5.97. The summed E-state index contributed by atoms with van der Waals surface area (Å²) in [5.41, 5.74) is 0.486. The number of hydrogen-bond acceptors (Lipinski definition) is 5. The first kappa shape index (κ1) is 25.7. The Balaban J connectivity index is 1.62. The molecule has 0 radical (unpaired) electrons. The average Bonchev–Trinajstić information content (AvgIpc) is 2.95. The maximum atomic E-state index is 13.5. The van der Waals surface area contributed by atoms with E-state index in [1.54, 1.807) is 42.5 Å². The lowest BCUT2D eigenvalue weighted by Crippen LogP contribution is -2.20. The SMILES string of the molecule is COc1cccc(C=Nn2c(-c3cccc(C(F)(F)F)c3)nc3ccccc3c2=O)c1OCc1ccccc1. The van der Waals surface area contributed by atoms with Crippen LogP contribution in [0.3, 0.4) is 0 Å². The Kier molecular flexibility index (Phi) is 7.14. The summed E-state index contributed by atoms with van der Waals surface area (Å²) < 4.78 is 52.9. The van der Waals surface area contributed by atoms with Gasteiger partial charge < -0.3 is 9.47 Å². The van der Waals surface area contributed by atoms with Gasteiger partial charge in [-0.3, -0.25) is 4.79 Å². The lowest BCUT2D eigenvalue weighted by atomic mass is 10.1. The van der Waals surface area contributed by atoms with E-state index < -0.39 is 17.3 Å². The molecule has 0 atom stereocenters. The fraction of sp³-hybridized carbons (Fsp3) is 0.100. The van der Waals surface area contributed by atoms with Gasteiger partial charge in [0, 0.05) is 11.1 Å². The zero-order chi connectivity index (χ0) is 27.4. The van der Waals surface area contributed by atoms with Crippen molar-refractivity contribution in [3.05, 3.63) is 124 Å². The second kappa shape index (κ2) is 10.8. The largest absolute Gasteiger partial charge is 0.493 e. The molecule has 1 aromatic heterocycles. The summed E-state index contributed by atoms with van der Waals surface area (Å²) in [6, 6.07) is 26.0. The van der Waals surface area contributed by atoms with Crippen molar-refractivity contribution in [3.8, 4) is 22.9 Å². The molecule has 9 heteroatoms. The molecule has 4 aromatic carbocycles. The molecule has 196 valence electrons. The minimum absolute atomic E-state index is 0.0318. The molecule has 5 aromatic rings. The molecule has 0 N–H and O–H groups in total. The third-order valence-electron chi connectivity index (χ3n) is 5.97. The van der Waals surface area contributed by atoms with Crippen LogP contribution in [0.1, 0.15) is 16.7 Å². The molecule has 0 aliphatic heterocycles. The van der Waals surface area contributed by atoms with Gasteiger partial charge in [0.2, 0.25) is 0 Å². The van der Waals surface area contributed by atoms with Crippen LogP contribution in [0.5, 0.6) is 11.5 Å². The van der Waals surface area contributed by atoms with Gasteiger partial charge in [0.05, 0.1) is 29.8 Å². The van der Waals surface area contributed by atoms with Crippen LogP contribution in [0.15, 0.2) is 107 Å². The van der Waals surface area contributed by atoms with E-state index in [-0.39, 0.29) is 23.4 Å². The van der Waals surface area contributed by atoms with E-state index in [1.165, 1.54) is 25.5 Å². The van der Waals surface area contributed by atoms with Crippen LogP contribution in [0.2, 0.25) is 0 Å². The van der Waals surface area contributed by atoms with Crippen LogP contribution in [0.4, 0.5) is 13.2 Å². The maximum Gasteiger partial charge on any atom is 0.416 e. The number of halogens is 3. The molecular formula is C30H22F3N3O3. The van der Waals surface area contributed by atoms with Gasteiger partial charge in [-0.05, 0) is 42.0 Å². The predicted molar refractivity (Wildman–Crippen MR) is 143 cm³/mol. The van der Waals surface area contributed by atoms with Crippen LogP contribution < -0.4 is 15.0 Å². The first-order valence-electron chi connectivity index (χ1n) is 11.9. The van der Waals surface area contributed by atoms with Crippen molar-refractivity contribution in [2.75, 3.05) is 7.11 Å². The van der Waals surface area contributed by atoms with Gasteiger partial charge in [-0.15, -0.1) is 0 Å². The van der Waals surface area contributed by atoms with Gasteiger partial charge in [-0.2, -0.15) is 22.9 Å². The van der Waals surface area contributed by atoms with E-state index in [2.05, 4.69) is 10.1 Å². The van der Waals surface area contributed by atoms with Crippen molar-refractivity contribution < 1.29 is 22.6 Å². The van der Waals surface area contributed by atoms with Gasteiger partial charge in [-0.25, -0.2) is 4.98 Å². The fourth-order valence-corrected chi connectivity index (χ4v) is 4.05. The first-order valence-corrected chi connectivity index (χ1v) is 11.9. The molecular weight excluding hydrogens is 507 g/mol. The van der Waals surface area contributed by atoms with E-state index in [1.807, 2.05) is 30.3 Å². The zero-order valence-corrected chi connectivity index (χ0v) is 20.7. The second-order valence-electron chi connectivity index (χ2n) is 8.55. The predicted octanol–water partition coefficient (Wildman–Crippen LogP) is 6.55. The lowest BCUT2D eigenvalue weighted by Gasteiger charge is -2.14. The number of para-hydroxylation sites is 2. The Labute approximate surface area is 221 Å². The van der Waals surface area contributed by atoms with Crippen LogP contribution in [0, 0.1) is 0 Å². The molecule has 0 unspecified atom stereocenters. The van der Waals surface area contributed by atoms with Gasteiger partial charge in [0.15, 0.2) is 17.3 Å².